The zero-order valence-corrected chi connectivity index (χ0v) is 27.1. The highest BCUT2D eigenvalue weighted by Gasteiger charge is 2.40. The molecule has 0 bridgehead atoms. The fourth-order valence-corrected chi connectivity index (χ4v) is 6.35. The topological polar surface area (TPSA) is 259 Å². The van der Waals surface area contributed by atoms with E-state index in [9.17, 15) is 38.7 Å². The van der Waals surface area contributed by atoms with Gasteiger partial charge in [0.2, 0.25) is 41.4 Å². The number of fused-ring (bicyclic) bond motifs is 1. The normalized spacial score (nSPS) is 18.9. The average molecular weight is 689 g/mol. The van der Waals surface area contributed by atoms with Crippen LogP contribution in [0.25, 0.3) is 10.9 Å². The van der Waals surface area contributed by atoms with Crippen LogP contribution in [0.2, 0.25) is 0 Å². The number of aromatic nitrogens is 1. The van der Waals surface area contributed by atoms with E-state index >= 15 is 0 Å². The highest BCUT2D eigenvalue weighted by molar-refractivity contribution is 5.98. The molecule has 0 aliphatic carbocycles. The molecule has 2 fully saturated rings. The van der Waals surface area contributed by atoms with Gasteiger partial charge in [-0.15, -0.1) is 0 Å². The van der Waals surface area contributed by atoms with Gasteiger partial charge in [-0.05, 0) is 48.6 Å². The first-order valence-corrected chi connectivity index (χ1v) is 16.3. The third-order valence-corrected chi connectivity index (χ3v) is 8.94. The van der Waals surface area contributed by atoms with Gasteiger partial charge < -0.3 is 47.7 Å². The summed E-state index contributed by atoms with van der Waals surface area (Å²) in [7, 11) is 0. The van der Waals surface area contributed by atoms with Gasteiger partial charge in [0.05, 0.1) is 6.42 Å². The van der Waals surface area contributed by atoms with Crippen LogP contribution in [0.15, 0.2) is 54.7 Å². The van der Waals surface area contributed by atoms with Crippen molar-refractivity contribution < 1.29 is 38.7 Å². The lowest BCUT2D eigenvalue weighted by atomic mass is 10.0. The second kappa shape index (κ2) is 15.5. The van der Waals surface area contributed by atoms with Gasteiger partial charge in [-0.3, -0.25) is 33.6 Å². The third-order valence-electron chi connectivity index (χ3n) is 8.94. The number of rotatable bonds is 14. The van der Waals surface area contributed by atoms with Gasteiger partial charge in [-0.2, -0.15) is 0 Å². The molecular formula is C34H40N8O8. The monoisotopic (exact) mass is 688 g/mol. The Morgan fingerprint density at radius 3 is 2.28 bits per heavy atom. The summed E-state index contributed by atoms with van der Waals surface area (Å²) in [5, 5.41) is 21.0. The van der Waals surface area contributed by atoms with E-state index in [1.54, 1.807) is 18.3 Å². The number of para-hydroxylation sites is 1. The summed E-state index contributed by atoms with van der Waals surface area (Å²) in [5.41, 5.74) is 13.3. The predicted molar refractivity (Wildman–Crippen MR) is 179 cm³/mol. The van der Waals surface area contributed by atoms with E-state index in [1.807, 2.05) is 24.3 Å². The summed E-state index contributed by atoms with van der Waals surface area (Å²) >= 11 is 0. The van der Waals surface area contributed by atoms with Gasteiger partial charge in [0.25, 0.3) is 0 Å². The quantitative estimate of drug-likeness (QED) is 0.101. The third kappa shape index (κ3) is 8.56. The number of phenols is 1. The molecule has 16 nitrogen and oxygen atoms in total. The number of carbonyl (C=O) groups excluding carboxylic acids is 7. The number of nitrogens with one attached hydrogen (secondary N) is 5. The Balaban J connectivity index is 1.32. The molecule has 2 aliphatic heterocycles. The first kappa shape index (κ1) is 35.4. The van der Waals surface area contributed by atoms with Crippen LogP contribution in [0.5, 0.6) is 5.75 Å². The maximum atomic E-state index is 13.8. The minimum Gasteiger partial charge on any atom is -0.508 e. The molecule has 264 valence electrons. The van der Waals surface area contributed by atoms with Crippen LogP contribution in [0.1, 0.15) is 43.2 Å². The van der Waals surface area contributed by atoms with E-state index in [0.29, 0.717) is 12.0 Å². The van der Waals surface area contributed by atoms with Crippen molar-refractivity contribution in [2.75, 3.05) is 6.54 Å². The second-order valence-corrected chi connectivity index (χ2v) is 12.5. The standard InChI is InChI=1S/C34H40N8O8/c35-28(44)16-26(41-31(47)23-11-12-29(45)38-23)34(50)42-13-3-6-27(42)33(49)40-25(14-18-7-9-20(43)10-8-18)32(48)39-24(30(36)46)15-19-17-37-22-5-2-1-4-21(19)22/h1-2,4-5,7-10,17,23-27,37,43H,3,6,11-16H2,(H2,35,44)(H2,36,46)(H,38,45)(H,39,48)(H,40,49)(H,41,47). The van der Waals surface area contributed by atoms with Crippen LogP contribution in [0, 0.1) is 0 Å². The van der Waals surface area contributed by atoms with Gasteiger partial charge >= 0.3 is 0 Å². The maximum absolute atomic E-state index is 13.8. The molecule has 3 aromatic rings. The molecule has 1 aromatic heterocycles. The molecule has 10 N–H and O–H groups in total. The van der Waals surface area contributed by atoms with E-state index in [4.69, 9.17) is 11.5 Å². The molecule has 3 heterocycles. The fourth-order valence-electron chi connectivity index (χ4n) is 6.35. The molecule has 0 saturated carbocycles. The van der Waals surface area contributed by atoms with Crippen molar-refractivity contribution in [2.24, 2.45) is 11.5 Å². The maximum Gasteiger partial charge on any atom is 0.246 e. The summed E-state index contributed by atoms with van der Waals surface area (Å²) in [4.78, 5) is 94.5. The lowest BCUT2D eigenvalue weighted by Crippen LogP contribution is -2.59. The smallest absolute Gasteiger partial charge is 0.246 e. The number of aromatic amines is 1. The number of nitrogens with zero attached hydrogens (tertiary/aromatic N) is 1. The van der Waals surface area contributed by atoms with Crippen molar-refractivity contribution in [3.8, 4) is 5.75 Å². The molecule has 7 amide bonds. The minimum absolute atomic E-state index is 0.000614. The Morgan fingerprint density at radius 1 is 0.880 bits per heavy atom. The van der Waals surface area contributed by atoms with Crippen molar-refractivity contribution in [1.29, 1.82) is 0 Å². The molecule has 16 heteroatoms. The number of benzene rings is 2. The van der Waals surface area contributed by atoms with Gasteiger partial charge in [0.1, 0.15) is 36.0 Å². The Morgan fingerprint density at radius 2 is 1.60 bits per heavy atom. The van der Waals surface area contributed by atoms with Crippen molar-refractivity contribution >= 4 is 52.3 Å². The number of phenolic OH excluding ortho intramolecular Hbond substituents is 1. The molecule has 5 rings (SSSR count). The van der Waals surface area contributed by atoms with Gasteiger partial charge in [0.15, 0.2) is 0 Å². The van der Waals surface area contributed by atoms with E-state index in [-0.39, 0.29) is 50.3 Å². The number of likely N-dealkylation sites (tertiary alicyclic amines) is 1. The van der Waals surface area contributed by atoms with Crippen molar-refractivity contribution in [2.45, 2.75) is 75.2 Å². The summed E-state index contributed by atoms with van der Waals surface area (Å²) < 4.78 is 0. The number of hydrogen-bond acceptors (Lipinski definition) is 8. The number of carbonyl (C=O) groups is 7. The van der Waals surface area contributed by atoms with Crippen LogP contribution in [-0.4, -0.2) is 93.1 Å². The molecular weight excluding hydrogens is 648 g/mol. The van der Waals surface area contributed by atoms with Gasteiger partial charge in [0, 0.05) is 42.9 Å². The molecule has 2 saturated heterocycles. The van der Waals surface area contributed by atoms with Gasteiger partial charge in [-0.1, -0.05) is 30.3 Å². The first-order chi connectivity index (χ1) is 23.9. The van der Waals surface area contributed by atoms with Crippen LogP contribution < -0.4 is 32.7 Å². The molecule has 5 atom stereocenters. The van der Waals surface area contributed by atoms with E-state index < -0.39 is 72.1 Å². The molecule has 0 radical (unpaired) electrons. The van der Waals surface area contributed by atoms with E-state index in [2.05, 4.69) is 26.3 Å². The molecule has 0 spiro atoms. The lowest BCUT2D eigenvalue weighted by Gasteiger charge is -2.30. The summed E-state index contributed by atoms with van der Waals surface area (Å²) in [6, 6.07) is 7.77. The second-order valence-electron chi connectivity index (χ2n) is 12.5. The number of nitrogens with two attached hydrogens (primary N) is 2. The number of aromatic hydroxyl groups is 1. The predicted octanol–water partition coefficient (Wildman–Crippen LogP) is -1.26. The number of H-pyrrole nitrogens is 1. The Labute approximate surface area is 286 Å². The van der Waals surface area contributed by atoms with E-state index in [0.717, 1.165) is 16.5 Å². The largest absolute Gasteiger partial charge is 0.508 e. The summed E-state index contributed by atoms with van der Waals surface area (Å²) in [6.07, 6.45) is 2.24. The zero-order chi connectivity index (χ0) is 35.9. The summed E-state index contributed by atoms with van der Waals surface area (Å²) in [5.74, 6) is -4.71. The van der Waals surface area contributed by atoms with E-state index in [1.165, 1.54) is 17.0 Å². The van der Waals surface area contributed by atoms with Gasteiger partial charge in [-0.25, -0.2) is 0 Å². The highest BCUT2D eigenvalue weighted by atomic mass is 16.3. The van der Waals surface area contributed by atoms with Crippen LogP contribution in [-0.2, 0) is 46.4 Å². The SMILES string of the molecule is NC(=O)CC(NC(=O)C1CCC(=O)N1)C(=O)N1CCCC1C(=O)NC(Cc1ccc(O)cc1)C(=O)NC(Cc1c[nH]c2ccccc12)C(N)=O. The van der Waals surface area contributed by atoms with Crippen LogP contribution in [0.3, 0.4) is 0 Å². The Kier molecular flexibility index (Phi) is 11.0. The minimum atomic E-state index is -1.39. The zero-order valence-electron chi connectivity index (χ0n) is 27.1. The highest BCUT2D eigenvalue weighted by Crippen LogP contribution is 2.22. The average Bonchev–Trinajstić information content (AvgIpc) is 3.84. The summed E-state index contributed by atoms with van der Waals surface area (Å²) in [6.45, 7) is 0.130. The lowest BCUT2D eigenvalue weighted by molar-refractivity contribution is -0.143. The Hall–Kier alpha value is -5.93. The first-order valence-electron chi connectivity index (χ1n) is 16.3. The molecule has 50 heavy (non-hydrogen) atoms. The molecule has 5 unspecified atom stereocenters. The van der Waals surface area contributed by atoms with Crippen molar-refractivity contribution in [3.05, 3.63) is 65.9 Å². The number of amides is 7. The Bertz CT molecular complexity index is 1790. The fraction of sp³-hybridized carbons (Fsp3) is 0.382. The molecule has 2 aliphatic rings. The number of hydrogen-bond donors (Lipinski definition) is 8. The van der Waals surface area contributed by atoms with Crippen molar-refractivity contribution in [3.63, 3.8) is 0 Å². The van der Waals surface area contributed by atoms with Crippen molar-refractivity contribution in [1.82, 2.24) is 31.2 Å². The van der Waals surface area contributed by atoms with Crippen LogP contribution in [0.4, 0.5) is 0 Å². The van der Waals surface area contributed by atoms with Crippen LogP contribution >= 0.6 is 0 Å². The number of primary amides is 2. The molecule has 2 aromatic carbocycles.